The molecule has 2 N–H and O–H groups in total. The molecule has 1 aromatic heterocycles. The van der Waals surface area contributed by atoms with Crippen molar-refractivity contribution in [3.8, 4) is 11.4 Å². The van der Waals surface area contributed by atoms with Crippen LogP contribution in [0.4, 0.5) is 0 Å². The van der Waals surface area contributed by atoms with E-state index in [0.717, 1.165) is 0 Å². The molecule has 1 amide bonds. The largest absolute Gasteiger partial charge is 0.483 e. The average molecular weight is 408 g/mol. The molecule has 0 saturated carbocycles. The molecule has 8 nitrogen and oxygen atoms in total. The van der Waals surface area contributed by atoms with E-state index >= 15 is 0 Å². The third-order valence-corrected chi connectivity index (χ3v) is 5.02. The summed E-state index contributed by atoms with van der Waals surface area (Å²) in [5.41, 5.74) is 6.98. The van der Waals surface area contributed by atoms with Gasteiger partial charge in [0.05, 0.1) is 30.5 Å². The molecule has 30 heavy (non-hydrogen) atoms. The Kier molecular flexibility index (Phi) is 5.78. The normalized spacial score (nSPS) is 15.2. The Balaban J connectivity index is 1.75. The summed E-state index contributed by atoms with van der Waals surface area (Å²) < 4.78 is 12.6. The monoisotopic (exact) mass is 408 g/mol. The molecular weight excluding hydrogens is 384 g/mol. The molecule has 0 aliphatic carbocycles. The van der Waals surface area contributed by atoms with Gasteiger partial charge in [-0.3, -0.25) is 14.2 Å². The van der Waals surface area contributed by atoms with Gasteiger partial charge in [-0.15, -0.1) is 0 Å². The summed E-state index contributed by atoms with van der Waals surface area (Å²) in [6.45, 7) is 3.75. The molecule has 1 saturated heterocycles. The number of amides is 1. The molecule has 0 bridgehead atoms. The highest BCUT2D eigenvalue weighted by atomic mass is 16.5. The van der Waals surface area contributed by atoms with Crippen LogP contribution in [0.3, 0.4) is 0 Å². The number of aromatic nitrogens is 2. The fourth-order valence-electron chi connectivity index (χ4n) is 3.51. The lowest BCUT2D eigenvalue weighted by molar-refractivity contribution is -0.137. The van der Waals surface area contributed by atoms with Gasteiger partial charge in [0.25, 0.3) is 11.5 Å². The Hall–Kier alpha value is -3.23. The molecule has 1 aliphatic rings. The van der Waals surface area contributed by atoms with Crippen LogP contribution >= 0.6 is 0 Å². The molecule has 4 rings (SSSR count). The van der Waals surface area contributed by atoms with Gasteiger partial charge in [0.15, 0.2) is 6.61 Å². The maximum absolute atomic E-state index is 13.5. The maximum Gasteiger partial charge on any atom is 0.269 e. The lowest BCUT2D eigenvalue weighted by Crippen LogP contribution is -2.43. The predicted molar refractivity (Wildman–Crippen MR) is 113 cm³/mol. The van der Waals surface area contributed by atoms with E-state index in [2.05, 4.69) is 4.98 Å². The number of benzene rings is 2. The molecule has 0 unspecified atom stereocenters. The minimum absolute atomic E-state index is 0.140. The average Bonchev–Trinajstić information content (AvgIpc) is 2.78. The first-order valence-electron chi connectivity index (χ1n) is 9.91. The van der Waals surface area contributed by atoms with Crippen molar-refractivity contribution in [2.75, 3.05) is 32.9 Å². The topological polar surface area (TPSA) is 99.7 Å². The molecule has 2 aromatic carbocycles. The first-order chi connectivity index (χ1) is 14.6. The standard InChI is InChI=1S/C22H24N4O4/c1-15(23)21-24-17-8-5-9-18(30-14-19(27)25-10-12-29-13-11-25)20(17)22(28)26(21)16-6-3-2-4-7-16/h2-9,15H,10-14,23H2,1H3/t15-/m0/s1. The van der Waals surface area contributed by atoms with Crippen molar-refractivity contribution >= 4 is 16.8 Å². The molecule has 1 fully saturated rings. The first-order valence-corrected chi connectivity index (χ1v) is 9.91. The number of ether oxygens (including phenoxy) is 2. The number of para-hydroxylation sites is 1. The number of nitrogens with two attached hydrogens (primary N) is 1. The third-order valence-electron chi connectivity index (χ3n) is 5.02. The highest BCUT2D eigenvalue weighted by Gasteiger charge is 2.20. The van der Waals surface area contributed by atoms with Crippen LogP contribution in [-0.4, -0.2) is 53.3 Å². The van der Waals surface area contributed by atoms with Gasteiger partial charge < -0.3 is 20.1 Å². The number of fused-ring (bicyclic) bond motifs is 1. The van der Waals surface area contributed by atoms with Crippen LogP contribution in [0.2, 0.25) is 0 Å². The predicted octanol–water partition coefficient (Wildman–Crippen LogP) is 1.64. The summed E-state index contributed by atoms with van der Waals surface area (Å²) in [6.07, 6.45) is 0. The van der Waals surface area contributed by atoms with Crippen molar-refractivity contribution in [2.24, 2.45) is 5.73 Å². The lowest BCUT2D eigenvalue weighted by atomic mass is 10.2. The Labute approximate surface area is 173 Å². The molecule has 8 heteroatoms. The van der Waals surface area contributed by atoms with Gasteiger partial charge >= 0.3 is 0 Å². The lowest BCUT2D eigenvalue weighted by Gasteiger charge is -2.26. The molecule has 3 aromatic rings. The fraction of sp³-hybridized carbons (Fsp3) is 0.318. The highest BCUT2D eigenvalue weighted by Crippen LogP contribution is 2.24. The summed E-state index contributed by atoms with van der Waals surface area (Å²) in [5.74, 6) is 0.645. The van der Waals surface area contributed by atoms with Crippen LogP contribution in [0, 0.1) is 0 Å². The van der Waals surface area contributed by atoms with E-state index in [-0.39, 0.29) is 18.1 Å². The second-order valence-corrected chi connectivity index (χ2v) is 7.17. The fourth-order valence-corrected chi connectivity index (χ4v) is 3.51. The van der Waals surface area contributed by atoms with E-state index in [9.17, 15) is 9.59 Å². The summed E-state index contributed by atoms with van der Waals surface area (Å²) in [6, 6.07) is 13.9. The van der Waals surface area contributed by atoms with Gasteiger partial charge in [-0.1, -0.05) is 24.3 Å². The van der Waals surface area contributed by atoms with Gasteiger partial charge in [-0.25, -0.2) is 4.98 Å². The van der Waals surface area contributed by atoms with Crippen molar-refractivity contribution < 1.29 is 14.3 Å². The zero-order valence-corrected chi connectivity index (χ0v) is 16.8. The zero-order valence-electron chi connectivity index (χ0n) is 16.8. The maximum atomic E-state index is 13.5. The summed E-state index contributed by atoms with van der Waals surface area (Å²) in [7, 11) is 0. The van der Waals surface area contributed by atoms with Crippen LogP contribution in [0.5, 0.6) is 5.75 Å². The molecule has 0 spiro atoms. The van der Waals surface area contributed by atoms with Crippen molar-refractivity contribution in [1.82, 2.24) is 14.5 Å². The zero-order chi connectivity index (χ0) is 21.1. The molecule has 156 valence electrons. The Morgan fingerprint density at radius 2 is 1.90 bits per heavy atom. The number of nitrogens with zero attached hydrogens (tertiary/aromatic N) is 3. The highest BCUT2D eigenvalue weighted by molar-refractivity contribution is 5.85. The second-order valence-electron chi connectivity index (χ2n) is 7.17. The molecular formula is C22H24N4O4. The van der Waals surface area contributed by atoms with E-state index in [4.69, 9.17) is 15.2 Å². The van der Waals surface area contributed by atoms with Crippen LogP contribution < -0.4 is 16.0 Å². The number of rotatable bonds is 5. The molecule has 0 radical (unpaired) electrons. The number of hydrogen-bond acceptors (Lipinski definition) is 6. The SMILES string of the molecule is C[C@H](N)c1nc2cccc(OCC(=O)N3CCOCC3)c2c(=O)n1-c1ccccc1. The van der Waals surface area contributed by atoms with Crippen molar-refractivity contribution in [2.45, 2.75) is 13.0 Å². The van der Waals surface area contributed by atoms with E-state index in [1.165, 1.54) is 4.57 Å². The van der Waals surface area contributed by atoms with Crippen molar-refractivity contribution in [3.63, 3.8) is 0 Å². The van der Waals surface area contributed by atoms with Crippen LogP contribution in [0.1, 0.15) is 18.8 Å². The Morgan fingerprint density at radius 1 is 1.17 bits per heavy atom. The molecule has 2 heterocycles. The first kappa shape index (κ1) is 20.1. The second kappa shape index (κ2) is 8.64. The molecule has 1 atom stereocenters. The number of carbonyl (C=O) groups excluding carboxylic acids is 1. The minimum atomic E-state index is -0.449. The van der Waals surface area contributed by atoms with E-state index in [1.54, 1.807) is 30.0 Å². The van der Waals surface area contributed by atoms with E-state index in [0.29, 0.717) is 54.5 Å². The van der Waals surface area contributed by atoms with Gasteiger partial charge in [0.2, 0.25) is 0 Å². The van der Waals surface area contributed by atoms with Gasteiger partial charge in [-0.05, 0) is 31.2 Å². The van der Waals surface area contributed by atoms with Crippen LogP contribution in [0.25, 0.3) is 16.6 Å². The smallest absolute Gasteiger partial charge is 0.269 e. The van der Waals surface area contributed by atoms with E-state index < -0.39 is 6.04 Å². The van der Waals surface area contributed by atoms with Crippen molar-refractivity contribution in [3.05, 3.63) is 64.7 Å². The number of carbonyl (C=O) groups is 1. The summed E-state index contributed by atoms with van der Waals surface area (Å²) >= 11 is 0. The summed E-state index contributed by atoms with van der Waals surface area (Å²) in [5, 5.41) is 0.320. The van der Waals surface area contributed by atoms with Gasteiger partial charge in [0.1, 0.15) is 17.0 Å². The van der Waals surface area contributed by atoms with Crippen LogP contribution in [0.15, 0.2) is 53.3 Å². The number of hydrogen-bond donors (Lipinski definition) is 1. The Morgan fingerprint density at radius 3 is 2.60 bits per heavy atom. The quantitative estimate of drug-likeness (QED) is 0.689. The van der Waals surface area contributed by atoms with Crippen LogP contribution in [-0.2, 0) is 9.53 Å². The Bertz CT molecular complexity index is 1110. The minimum Gasteiger partial charge on any atom is -0.483 e. The van der Waals surface area contributed by atoms with Gasteiger partial charge in [0, 0.05) is 13.1 Å². The third kappa shape index (κ3) is 3.92. The van der Waals surface area contributed by atoms with E-state index in [1.807, 2.05) is 30.3 Å². The summed E-state index contributed by atoms with van der Waals surface area (Å²) in [4.78, 5) is 32.3. The molecule has 1 aliphatic heterocycles. The van der Waals surface area contributed by atoms with Gasteiger partial charge in [-0.2, -0.15) is 0 Å². The van der Waals surface area contributed by atoms with Crippen molar-refractivity contribution in [1.29, 1.82) is 0 Å². The number of morpholine rings is 1.